The third-order valence-corrected chi connectivity index (χ3v) is 6.22. The largest absolute Gasteiger partial charge is 0.491 e. The van der Waals surface area contributed by atoms with E-state index in [0.29, 0.717) is 12.2 Å². The highest BCUT2D eigenvalue weighted by Crippen LogP contribution is 2.24. The Labute approximate surface area is 178 Å². The number of aliphatic hydroxyl groups is 1. The zero-order valence-electron chi connectivity index (χ0n) is 17.5. The van der Waals surface area contributed by atoms with Crippen LogP contribution in [0.3, 0.4) is 0 Å². The smallest absolute Gasteiger partial charge is 0.241 e. The molecule has 160 valence electrons. The fourth-order valence-electron chi connectivity index (χ4n) is 3.08. The molecule has 3 aromatic rings. The van der Waals surface area contributed by atoms with Gasteiger partial charge in [-0.2, -0.15) is 0 Å². The molecule has 0 fully saturated rings. The quantitative estimate of drug-likeness (QED) is 0.571. The molecule has 7 heteroatoms. The van der Waals surface area contributed by atoms with Gasteiger partial charge in [0.25, 0.3) is 0 Å². The van der Waals surface area contributed by atoms with E-state index in [1.807, 2.05) is 24.3 Å². The number of rotatable bonds is 8. The predicted molar refractivity (Wildman–Crippen MR) is 118 cm³/mol. The van der Waals surface area contributed by atoms with E-state index < -0.39 is 21.7 Å². The van der Waals surface area contributed by atoms with Gasteiger partial charge in [-0.3, -0.25) is 4.98 Å². The minimum absolute atomic E-state index is 0.188. The van der Waals surface area contributed by atoms with Gasteiger partial charge in [0.2, 0.25) is 10.0 Å². The number of benzene rings is 2. The molecule has 3 rings (SSSR count). The summed E-state index contributed by atoms with van der Waals surface area (Å²) < 4.78 is 33.5. The van der Waals surface area contributed by atoms with E-state index in [9.17, 15) is 13.5 Å². The van der Waals surface area contributed by atoms with Crippen molar-refractivity contribution in [1.29, 1.82) is 0 Å². The Morgan fingerprint density at radius 3 is 2.53 bits per heavy atom. The van der Waals surface area contributed by atoms with Crippen molar-refractivity contribution in [2.24, 2.45) is 0 Å². The fourth-order valence-corrected chi connectivity index (χ4v) is 4.53. The van der Waals surface area contributed by atoms with Gasteiger partial charge in [0.1, 0.15) is 12.4 Å². The molecule has 1 aromatic heterocycles. The van der Waals surface area contributed by atoms with Gasteiger partial charge < -0.3 is 9.84 Å². The van der Waals surface area contributed by atoms with Crippen LogP contribution in [-0.4, -0.2) is 36.8 Å². The first-order chi connectivity index (χ1) is 14.1. The van der Waals surface area contributed by atoms with Crippen LogP contribution >= 0.6 is 0 Å². The Kier molecular flexibility index (Phi) is 6.75. The molecule has 0 aliphatic heterocycles. The molecule has 0 aliphatic rings. The number of ether oxygens (including phenoxy) is 1. The Morgan fingerprint density at radius 2 is 1.83 bits per heavy atom. The van der Waals surface area contributed by atoms with Crippen molar-refractivity contribution in [2.45, 2.75) is 50.2 Å². The number of pyridine rings is 1. The van der Waals surface area contributed by atoms with Crippen LogP contribution in [0.5, 0.6) is 5.75 Å². The van der Waals surface area contributed by atoms with Gasteiger partial charge in [-0.1, -0.05) is 18.2 Å². The Bertz CT molecular complexity index is 1090. The third kappa shape index (κ3) is 6.26. The SMILES string of the molecule is CC(C)(C)NS(=O)(=O)c1ccc2cc(OCC(O)CCc3cccnc3)ccc2c1. The first-order valence-corrected chi connectivity index (χ1v) is 11.4. The van der Waals surface area contributed by atoms with Crippen LogP contribution in [0.1, 0.15) is 32.8 Å². The second-order valence-corrected chi connectivity index (χ2v) is 10.1. The number of hydrogen-bond acceptors (Lipinski definition) is 5. The number of hydrogen-bond donors (Lipinski definition) is 2. The molecule has 0 amide bonds. The van der Waals surface area contributed by atoms with Crippen LogP contribution in [0.2, 0.25) is 0 Å². The summed E-state index contributed by atoms with van der Waals surface area (Å²) in [6.07, 6.45) is 4.25. The highest BCUT2D eigenvalue weighted by atomic mass is 32.2. The topological polar surface area (TPSA) is 88.5 Å². The first kappa shape index (κ1) is 22.2. The van der Waals surface area contributed by atoms with Gasteiger partial charge in [0.05, 0.1) is 11.0 Å². The third-order valence-electron chi connectivity index (χ3n) is 4.47. The summed E-state index contributed by atoms with van der Waals surface area (Å²) in [5, 5.41) is 11.9. The van der Waals surface area contributed by atoms with E-state index in [-0.39, 0.29) is 11.5 Å². The number of nitrogens with one attached hydrogen (secondary N) is 1. The highest BCUT2D eigenvalue weighted by molar-refractivity contribution is 7.89. The summed E-state index contributed by atoms with van der Waals surface area (Å²) in [4.78, 5) is 4.30. The fraction of sp³-hybridized carbons (Fsp3) is 0.348. The van der Waals surface area contributed by atoms with Gasteiger partial charge in [-0.15, -0.1) is 0 Å². The highest BCUT2D eigenvalue weighted by Gasteiger charge is 2.22. The number of sulfonamides is 1. The van der Waals surface area contributed by atoms with Crippen LogP contribution < -0.4 is 9.46 Å². The van der Waals surface area contributed by atoms with Crippen LogP contribution in [0.4, 0.5) is 0 Å². The van der Waals surface area contributed by atoms with Crippen molar-refractivity contribution in [1.82, 2.24) is 9.71 Å². The lowest BCUT2D eigenvalue weighted by Crippen LogP contribution is -2.40. The second-order valence-electron chi connectivity index (χ2n) is 8.39. The second kappa shape index (κ2) is 9.12. The summed E-state index contributed by atoms with van der Waals surface area (Å²) in [6, 6.07) is 14.3. The molecule has 1 unspecified atom stereocenters. The molecule has 0 saturated heterocycles. The Balaban J connectivity index is 1.63. The Morgan fingerprint density at radius 1 is 1.10 bits per heavy atom. The molecule has 30 heavy (non-hydrogen) atoms. The number of fused-ring (bicyclic) bond motifs is 1. The zero-order chi connectivity index (χ0) is 21.8. The molecule has 0 spiro atoms. The zero-order valence-corrected chi connectivity index (χ0v) is 18.3. The molecule has 0 saturated carbocycles. The number of aliphatic hydroxyl groups excluding tert-OH is 1. The molecule has 0 bridgehead atoms. The van der Waals surface area contributed by atoms with E-state index in [0.717, 1.165) is 22.8 Å². The monoisotopic (exact) mass is 428 g/mol. The maximum absolute atomic E-state index is 12.5. The van der Waals surface area contributed by atoms with Crippen molar-refractivity contribution < 1.29 is 18.3 Å². The minimum atomic E-state index is -3.59. The van der Waals surface area contributed by atoms with Gasteiger partial charge >= 0.3 is 0 Å². The maximum atomic E-state index is 12.5. The lowest BCUT2D eigenvalue weighted by molar-refractivity contribution is 0.100. The molecular weight excluding hydrogens is 400 g/mol. The molecule has 2 aromatic carbocycles. The predicted octanol–water partition coefficient (Wildman–Crippen LogP) is 3.68. The molecule has 2 N–H and O–H groups in total. The Hall–Kier alpha value is -2.48. The van der Waals surface area contributed by atoms with E-state index in [4.69, 9.17) is 4.74 Å². The first-order valence-electron chi connectivity index (χ1n) is 9.90. The summed E-state index contributed by atoms with van der Waals surface area (Å²) >= 11 is 0. The van der Waals surface area contributed by atoms with E-state index in [2.05, 4.69) is 9.71 Å². The molecule has 1 heterocycles. The molecule has 0 aliphatic carbocycles. The van der Waals surface area contributed by atoms with Crippen LogP contribution in [-0.2, 0) is 16.4 Å². The lowest BCUT2D eigenvalue weighted by Gasteiger charge is -2.20. The number of aromatic nitrogens is 1. The van der Waals surface area contributed by atoms with Crippen LogP contribution in [0.15, 0.2) is 65.8 Å². The summed E-state index contributed by atoms with van der Waals surface area (Å²) in [7, 11) is -3.59. The van der Waals surface area contributed by atoms with Crippen molar-refractivity contribution in [3.63, 3.8) is 0 Å². The van der Waals surface area contributed by atoms with Crippen LogP contribution in [0.25, 0.3) is 10.8 Å². The van der Waals surface area contributed by atoms with Crippen molar-refractivity contribution in [3.05, 3.63) is 66.5 Å². The number of nitrogens with zero attached hydrogens (tertiary/aromatic N) is 1. The normalized spacial score (nSPS) is 13.3. The molecular formula is C23H28N2O4S. The average molecular weight is 429 g/mol. The van der Waals surface area contributed by atoms with Gasteiger partial charge in [0.15, 0.2) is 0 Å². The maximum Gasteiger partial charge on any atom is 0.241 e. The average Bonchev–Trinajstić information content (AvgIpc) is 2.69. The van der Waals surface area contributed by atoms with Gasteiger partial charge in [-0.25, -0.2) is 13.1 Å². The molecule has 1 atom stereocenters. The van der Waals surface area contributed by atoms with E-state index in [1.165, 1.54) is 0 Å². The standard InChI is InChI=1S/C23H28N2O4S/c1-23(2,3)25-30(27,28)22-11-8-18-13-21(10-7-19(18)14-22)29-16-20(26)9-6-17-5-4-12-24-15-17/h4-5,7-8,10-15,20,25-26H,6,9,16H2,1-3H3. The lowest BCUT2D eigenvalue weighted by atomic mass is 10.1. The van der Waals surface area contributed by atoms with Crippen LogP contribution in [0, 0.1) is 0 Å². The molecule has 6 nitrogen and oxygen atoms in total. The summed E-state index contributed by atoms with van der Waals surface area (Å²) in [5.74, 6) is 0.631. The van der Waals surface area contributed by atoms with E-state index >= 15 is 0 Å². The summed E-state index contributed by atoms with van der Waals surface area (Å²) in [5.41, 5.74) is 0.526. The minimum Gasteiger partial charge on any atom is -0.491 e. The van der Waals surface area contributed by atoms with Crippen molar-refractivity contribution in [3.8, 4) is 5.75 Å². The van der Waals surface area contributed by atoms with Crippen molar-refractivity contribution >= 4 is 20.8 Å². The van der Waals surface area contributed by atoms with E-state index in [1.54, 1.807) is 57.4 Å². The van der Waals surface area contributed by atoms with Crippen molar-refractivity contribution in [2.75, 3.05) is 6.61 Å². The van der Waals surface area contributed by atoms with Gasteiger partial charge in [0, 0.05) is 17.9 Å². The summed E-state index contributed by atoms with van der Waals surface area (Å²) in [6.45, 7) is 5.61. The number of aryl methyl sites for hydroxylation is 1. The molecule has 0 radical (unpaired) electrons. The van der Waals surface area contributed by atoms with Gasteiger partial charge in [-0.05, 0) is 80.3 Å².